The van der Waals surface area contributed by atoms with E-state index in [1.54, 1.807) is 18.3 Å². The fraction of sp³-hybridized carbons (Fsp3) is 0.391. The lowest BCUT2D eigenvalue weighted by Crippen LogP contribution is -2.58. The summed E-state index contributed by atoms with van der Waals surface area (Å²) in [6, 6.07) is 2.02. The van der Waals surface area contributed by atoms with Crippen LogP contribution in [0.3, 0.4) is 0 Å². The van der Waals surface area contributed by atoms with Crippen molar-refractivity contribution in [3.05, 3.63) is 36.0 Å². The van der Waals surface area contributed by atoms with Gasteiger partial charge < -0.3 is 43.2 Å². The third-order valence-corrected chi connectivity index (χ3v) is 5.54. The number of carbonyl (C=O) groups is 6. The van der Waals surface area contributed by atoms with Gasteiger partial charge in [-0.3, -0.25) is 28.8 Å². The van der Waals surface area contributed by atoms with E-state index in [0.29, 0.717) is 5.56 Å². The van der Waals surface area contributed by atoms with Crippen LogP contribution in [0.25, 0.3) is 10.9 Å². The van der Waals surface area contributed by atoms with Crippen LogP contribution in [0.5, 0.6) is 0 Å². The summed E-state index contributed by atoms with van der Waals surface area (Å²) in [5.41, 5.74) is 17.5. The van der Waals surface area contributed by atoms with Gasteiger partial charge >= 0.3 is 5.97 Å². The molecule has 5 amide bonds. The molecule has 1 heterocycles. The highest BCUT2D eigenvalue weighted by Gasteiger charge is 2.31. The van der Waals surface area contributed by atoms with Crippen LogP contribution in [0.15, 0.2) is 30.5 Å². The van der Waals surface area contributed by atoms with E-state index in [4.69, 9.17) is 22.3 Å². The molecule has 0 saturated carbocycles. The van der Waals surface area contributed by atoms with E-state index in [1.807, 2.05) is 12.1 Å². The second-order valence-corrected chi connectivity index (χ2v) is 8.54. The molecule has 0 saturated heterocycles. The van der Waals surface area contributed by atoms with Crippen molar-refractivity contribution in [2.75, 3.05) is 0 Å². The lowest BCUT2D eigenvalue weighted by Gasteiger charge is -2.24. The highest BCUT2D eigenvalue weighted by Crippen LogP contribution is 2.19. The number of aromatic nitrogens is 1. The number of primary amides is 2. The maximum Gasteiger partial charge on any atom is 0.325 e. The van der Waals surface area contributed by atoms with E-state index >= 15 is 0 Å². The molecule has 0 fully saturated rings. The van der Waals surface area contributed by atoms with Crippen LogP contribution in [-0.4, -0.2) is 69.8 Å². The molecule has 4 unspecified atom stereocenters. The van der Waals surface area contributed by atoms with Crippen molar-refractivity contribution in [1.82, 2.24) is 20.9 Å². The summed E-state index contributed by atoms with van der Waals surface area (Å²) in [5, 5.41) is 17.0. The van der Waals surface area contributed by atoms with Crippen LogP contribution in [-0.2, 0) is 35.2 Å². The van der Waals surface area contributed by atoms with Crippen LogP contribution < -0.4 is 33.2 Å². The van der Waals surface area contributed by atoms with Gasteiger partial charge in [-0.1, -0.05) is 18.2 Å². The summed E-state index contributed by atoms with van der Waals surface area (Å²) < 4.78 is 0. The first-order chi connectivity index (χ1) is 17.4. The van der Waals surface area contributed by atoms with Gasteiger partial charge in [-0.25, -0.2) is 0 Å². The number of para-hydroxylation sites is 1. The van der Waals surface area contributed by atoms with Gasteiger partial charge in [0.25, 0.3) is 0 Å². The molecule has 0 bridgehead atoms. The van der Waals surface area contributed by atoms with Crippen LogP contribution in [0, 0.1) is 0 Å². The topological polar surface area (TPSA) is 253 Å². The molecule has 1 aromatic heterocycles. The van der Waals surface area contributed by atoms with Crippen molar-refractivity contribution in [2.24, 2.45) is 17.2 Å². The van der Waals surface area contributed by atoms with Crippen molar-refractivity contribution in [3.8, 4) is 0 Å². The van der Waals surface area contributed by atoms with Crippen LogP contribution in [0.1, 0.15) is 31.7 Å². The first kappa shape index (κ1) is 28.8. The van der Waals surface area contributed by atoms with Gasteiger partial charge in [-0.2, -0.15) is 0 Å². The zero-order valence-corrected chi connectivity index (χ0v) is 20.2. The lowest BCUT2D eigenvalue weighted by molar-refractivity contribution is -0.142. The smallest absolute Gasteiger partial charge is 0.325 e. The van der Waals surface area contributed by atoms with E-state index in [0.717, 1.165) is 10.9 Å². The van der Waals surface area contributed by atoms with E-state index in [2.05, 4.69) is 20.9 Å². The standard InChI is InChI=1S/C23H31N7O7/c1-11(23(36)37)28-21(34)16(8-12-10-27-15-5-3-2-4-13(12)15)30-22(35)17(9-19(26)32)29-20(33)14(24)6-7-18(25)31/h2-5,10-11,14,16-17,27H,6-9,24H2,1H3,(H2,25,31)(H2,26,32)(H,28,34)(H,29,33)(H,30,35)(H,36,37). The molecule has 11 N–H and O–H groups in total. The van der Waals surface area contributed by atoms with Gasteiger partial charge in [-0.05, 0) is 25.0 Å². The predicted octanol–water partition coefficient (Wildman–Crippen LogP) is -2.26. The minimum Gasteiger partial charge on any atom is -0.480 e. The predicted molar refractivity (Wildman–Crippen MR) is 131 cm³/mol. The number of nitrogens with two attached hydrogens (primary N) is 3. The normalized spacial score (nSPS) is 14.1. The van der Waals surface area contributed by atoms with Gasteiger partial charge in [0, 0.05) is 29.9 Å². The first-order valence-electron chi connectivity index (χ1n) is 11.4. The number of carboxylic acid groups (broad SMARTS) is 1. The second-order valence-electron chi connectivity index (χ2n) is 8.54. The minimum atomic E-state index is -1.49. The fourth-order valence-corrected chi connectivity index (χ4v) is 3.50. The molecule has 1 aromatic carbocycles. The summed E-state index contributed by atoms with van der Waals surface area (Å²) in [4.78, 5) is 75.2. The molecule has 0 aliphatic rings. The van der Waals surface area contributed by atoms with Gasteiger partial charge in [0.05, 0.1) is 12.5 Å². The maximum atomic E-state index is 13.1. The van der Waals surface area contributed by atoms with Crippen molar-refractivity contribution in [1.29, 1.82) is 0 Å². The molecular formula is C23H31N7O7. The maximum absolute atomic E-state index is 13.1. The molecule has 0 aliphatic carbocycles. The molecular weight excluding hydrogens is 486 g/mol. The average molecular weight is 518 g/mol. The number of aliphatic carboxylic acids is 1. The number of H-pyrrole nitrogens is 1. The highest BCUT2D eigenvalue weighted by molar-refractivity contribution is 5.96. The number of hydrogen-bond donors (Lipinski definition) is 8. The van der Waals surface area contributed by atoms with Gasteiger partial charge in [0.1, 0.15) is 18.1 Å². The van der Waals surface area contributed by atoms with Crippen molar-refractivity contribution in [2.45, 2.75) is 56.8 Å². The fourth-order valence-electron chi connectivity index (χ4n) is 3.50. The third kappa shape index (κ3) is 8.61. The third-order valence-electron chi connectivity index (χ3n) is 5.54. The number of benzene rings is 1. The molecule has 2 rings (SSSR count). The second kappa shape index (κ2) is 13.0. The number of carboxylic acids is 1. The number of carbonyl (C=O) groups excluding carboxylic acids is 5. The molecule has 14 heteroatoms. The number of amides is 5. The Morgan fingerprint density at radius 3 is 2.16 bits per heavy atom. The van der Waals surface area contributed by atoms with Crippen molar-refractivity contribution >= 4 is 46.4 Å². The van der Waals surface area contributed by atoms with Crippen LogP contribution in [0.4, 0.5) is 0 Å². The Hall–Kier alpha value is -4.46. The molecule has 0 radical (unpaired) electrons. The van der Waals surface area contributed by atoms with Crippen LogP contribution >= 0.6 is 0 Å². The van der Waals surface area contributed by atoms with Crippen molar-refractivity contribution in [3.63, 3.8) is 0 Å². The zero-order chi connectivity index (χ0) is 27.7. The van der Waals surface area contributed by atoms with Crippen molar-refractivity contribution < 1.29 is 33.9 Å². The summed E-state index contributed by atoms with van der Waals surface area (Å²) in [6.07, 6.45) is 0.745. The van der Waals surface area contributed by atoms with E-state index in [1.165, 1.54) is 6.92 Å². The monoisotopic (exact) mass is 517 g/mol. The van der Waals surface area contributed by atoms with E-state index in [9.17, 15) is 28.8 Å². The molecule has 200 valence electrons. The summed E-state index contributed by atoms with van der Waals surface area (Å²) in [6.45, 7) is 1.26. The Morgan fingerprint density at radius 1 is 0.919 bits per heavy atom. The van der Waals surface area contributed by atoms with Gasteiger partial charge in [0.2, 0.25) is 29.5 Å². The van der Waals surface area contributed by atoms with E-state index in [-0.39, 0.29) is 19.3 Å². The molecule has 37 heavy (non-hydrogen) atoms. The molecule has 14 nitrogen and oxygen atoms in total. The Balaban J connectivity index is 2.25. The Labute approximate surface area is 211 Å². The highest BCUT2D eigenvalue weighted by atomic mass is 16.4. The number of rotatable bonds is 14. The average Bonchev–Trinajstić information content (AvgIpc) is 3.23. The van der Waals surface area contributed by atoms with Crippen LogP contribution in [0.2, 0.25) is 0 Å². The minimum absolute atomic E-state index is 0.0384. The number of fused-ring (bicyclic) bond motifs is 1. The summed E-state index contributed by atoms with van der Waals surface area (Å²) in [5.74, 6) is -5.41. The summed E-state index contributed by atoms with van der Waals surface area (Å²) in [7, 11) is 0. The summed E-state index contributed by atoms with van der Waals surface area (Å²) >= 11 is 0. The number of nitrogens with one attached hydrogen (secondary N) is 4. The lowest BCUT2D eigenvalue weighted by atomic mass is 10.0. The zero-order valence-electron chi connectivity index (χ0n) is 20.2. The van der Waals surface area contributed by atoms with E-state index < -0.39 is 66.1 Å². The SMILES string of the molecule is CC(NC(=O)C(Cc1c[nH]c2ccccc12)NC(=O)C(CC(N)=O)NC(=O)C(N)CCC(N)=O)C(=O)O. The van der Waals surface area contributed by atoms with Gasteiger partial charge in [0.15, 0.2) is 0 Å². The Bertz CT molecular complexity index is 1180. The largest absolute Gasteiger partial charge is 0.480 e. The molecule has 2 aromatic rings. The number of aromatic amines is 1. The quantitative estimate of drug-likeness (QED) is 0.135. The Kier molecular flexibility index (Phi) is 10.1. The first-order valence-corrected chi connectivity index (χ1v) is 11.4. The van der Waals surface area contributed by atoms with Gasteiger partial charge in [-0.15, -0.1) is 0 Å². The number of hydrogen-bond acceptors (Lipinski definition) is 7. The Morgan fingerprint density at radius 2 is 1.54 bits per heavy atom. The molecule has 0 aliphatic heterocycles. The molecule has 0 spiro atoms. The molecule has 4 atom stereocenters.